The predicted octanol–water partition coefficient (Wildman–Crippen LogP) is 0.849. The first-order valence-corrected chi connectivity index (χ1v) is 6.39. The molecule has 0 radical (unpaired) electrons. The van der Waals surface area contributed by atoms with Crippen molar-refractivity contribution < 1.29 is 0 Å². The summed E-state index contributed by atoms with van der Waals surface area (Å²) in [6.45, 7) is 5.29. The van der Waals surface area contributed by atoms with Crippen LogP contribution in [0.1, 0.15) is 19.8 Å². The summed E-state index contributed by atoms with van der Waals surface area (Å²) in [5, 5.41) is 6.81. The monoisotopic (exact) mass is 233 g/mol. The van der Waals surface area contributed by atoms with Crippen LogP contribution in [0.2, 0.25) is 0 Å². The van der Waals surface area contributed by atoms with Crippen molar-refractivity contribution >= 4 is 11.6 Å². The fourth-order valence-corrected chi connectivity index (χ4v) is 2.20. The van der Waals surface area contributed by atoms with Crippen molar-refractivity contribution in [2.45, 2.75) is 31.8 Å². The van der Waals surface area contributed by atoms with E-state index >= 15 is 0 Å². The van der Waals surface area contributed by atoms with E-state index in [1.54, 1.807) is 6.33 Å². The molecule has 1 saturated carbocycles. The van der Waals surface area contributed by atoms with Gasteiger partial charge in [0, 0.05) is 37.8 Å². The van der Waals surface area contributed by atoms with Gasteiger partial charge in [0.2, 0.25) is 0 Å². The lowest BCUT2D eigenvalue weighted by Gasteiger charge is -2.34. The first-order chi connectivity index (χ1) is 8.33. The van der Waals surface area contributed by atoms with Gasteiger partial charge in [-0.05, 0) is 19.8 Å². The Balaban J connectivity index is 1.76. The molecular weight excluding hydrogens is 214 g/mol. The van der Waals surface area contributed by atoms with Gasteiger partial charge in [-0.2, -0.15) is 0 Å². The van der Waals surface area contributed by atoms with Crippen molar-refractivity contribution in [3.8, 4) is 0 Å². The molecule has 92 valence electrons. The number of rotatable bonds is 3. The Labute approximate surface area is 102 Å². The van der Waals surface area contributed by atoms with Crippen molar-refractivity contribution in [3.05, 3.63) is 12.4 Å². The van der Waals surface area contributed by atoms with Crippen LogP contribution in [0.25, 0.3) is 0 Å². The fraction of sp³-hybridized carbons (Fsp3) is 0.667. The van der Waals surface area contributed by atoms with Crippen LogP contribution in [0.3, 0.4) is 0 Å². The summed E-state index contributed by atoms with van der Waals surface area (Å²) in [5.41, 5.74) is 0. The van der Waals surface area contributed by atoms with E-state index in [0.29, 0.717) is 12.1 Å². The Bertz CT molecular complexity index is 390. The molecule has 2 N–H and O–H groups in total. The Hall–Kier alpha value is -1.36. The predicted molar refractivity (Wildman–Crippen MR) is 68.4 cm³/mol. The van der Waals surface area contributed by atoms with Gasteiger partial charge in [0.25, 0.3) is 0 Å². The largest absolute Gasteiger partial charge is 0.367 e. The Morgan fingerprint density at radius 1 is 1.41 bits per heavy atom. The number of piperazine rings is 1. The molecule has 17 heavy (non-hydrogen) atoms. The maximum atomic E-state index is 4.39. The summed E-state index contributed by atoms with van der Waals surface area (Å²) < 4.78 is 0. The van der Waals surface area contributed by atoms with Crippen molar-refractivity contribution in [1.82, 2.24) is 15.3 Å². The molecule has 5 heteroatoms. The zero-order valence-electron chi connectivity index (χ0n) is 10.2. The average molecular weight is 233 g/mol. The molecule has 2 fully saturated rings. The van der Waals surface area contributed by atoms with Gasteiger partial charge in [0.05, 0.1) is 0 Å². The van der Waals surface area contributed by atoms with Crippen LogP contribution < -0.4 is 15.5 Å². The molecule has 3 rings (SSSR count). The summed E-state index contributed by atoms with van der Waals surface area (Å²) in [6.07, 6.45) is 4.20. The molecule has 0 amide bonds. The summed E-state index contributed by atoms with van der Waals surface area (Å²) >= 11 is 0. The minimum atomic E-state index is 0.493. The number of aromatic nitrogens is 2. The molecule has 1 saturated heterocycles. The first kappa shape index (κ1) is 10.8. The number of nitrogens with one attached hydrogen (secondary N) is 2. The van der Waals surface area contributed by atoms with Crippen molar-refractivity contribution in [2.75, 3.05) is 29.9 Å². The lowest BCUT2D eigenvalue weighted by molar-refractivity contribution is 0.497. The molecule has 1 atom stereocenters. The molecule has 1 aromatic heterocycles. The second kappa shape index (κ2) is 4.49. The van der Waals surface area contributed by atoms with Gasteiger partial charge in [-0.15, -0.1) is 0 Å². The van der Waals surface area contributed by atoms with Gasteiger partial charge in [0.15, 0.2) is 0 Å². The normalized spacial score (nSPS) is 24.8. The van der Waals surface area contributed by atoms with Crippen molar-refractivity contribution in [2.24, 2.45) is 0 Å². The highest BCUT2D eigenvalue weighted by Gasteiger charge is 2.23. The maximum absolute atomic E-state index is 4.39. The fourth-order valence-electron chi connectivity index (χ4n) is 2.20. The van der Waals surface area contributed by atoms with Gasteiger partial charge in [-0.25, -0.2) is 9.97 Å². The molecule has 0 bridgehead atoms. The van der Waals surface area contributed by atoms with Gasteiger partial charge in [-0.1, -0.05) is 0 Å². The van der Waals surface area contributed by atoms with Crippen LogP contribution in [0.4, 0.5) is 11.6 Å². The topological polar surface area (TPSA) is 53.1 Å². The number of nitrogens with zero attached hydrogens (tertiary/aromatic N) is 3. The molecule has 2 heterocycles. The van der Waals surface area contributed by atoms with E-state index in [0.717, 1.165) is 31.3 Å². The Morgan fingerprint density at radius 3 is 3.06 bits per heavy atom. The third kappa shape index (κ3) is 2.49. The van der Waals surface area contributed by atoms with E-state index in [2.05, 4.69) is 38.5 Å². The van der Waals surface area contributed by atoms with Gasteiger partial charge >= 0.3 is 0 Å². The Morgan fingerprint density at radius 2 is 2.29 bits per heavy atom. The van der Waals surface area contributed by atoms with Crippen LogP contribution >= 0.6 is 0 Å². The minimum absolute atomic E-state index is 0.493. The van der Waals surface area contributed by atoms with Crippen LogP contribution in [0, 0.1) is 0 Å². The molecular formula is C12H19N5. The zero-order chi connectivity index (χ0) is 11.7. The number of hydrogen-bond acceptors (Lipinski definition) is 5. The highest BCUT2D eigenvalue weighted by Crippen LogP contribution is 2.25. The highest BCUT2D eigenvalue weighted by atomic mass is 15.3. The smallest absolute Gasteiger partial charge is 0.134 e. The standard InChI is InChI=1S/C12H19N5/c1-9-7-13-4-5-17(9)12-6-11(14-8-15-12)16-10-2-3-10/h6,8-10,13H,2-5,7H2,1H3,(H,14,15,16). The van der Waals surface area contributed by atoms with Gasteiger partial charge in [0.1, 0.15) is 18.0 Å². The van der Waals surface area contributed by atoms with E-state index < -0.39 is 0 Å². The van der Waals surface area contributed by atoms with E-state index in [1.165, 1.54) is 12.8 Å². The third-order valence-electron chi connectivity index (χ3n) is 3.38. The van der Waals surface area contributed by atoms with E-state index in [-0.39, 0.29) is 0 Å². The molecule has 1 aliphatic heterocycles. The maximum Gasteiger partial charge on any atom is 0.134 e. The summed E-state index contributed by atoms with van der Waals surface area (Å²) in [4.78, 5) is 11.0. The van der Waals surface area contributed by atoms with Crippen LogP contribution in [-0.2, 0) is 0 Å². The highest BCUT2D eigenvalue weighted by molar-refractivity contribution is 5.50. The summed E-state index contributed by atoms with van der Waals surface area (Å²) in [5.74, 6) is 2.00. The van der Waals surface area contributed by atoms with E-state index in [4.69, 9.17) is 0 Å². The molecule has 1 unspecified atom stereocenters. The van der Waals surface area contributed by atoms with Crippen LogP contribution in [0.15, 0.2) is 12.4 Å². The van der Waals surface area contributed by atoms with Crippen molar-refractivity contribution in [1.29, 1.82) is 0 Å². The van der Waals surface area contributed by atoms with Crippen molar-refractivity contribution in [3.63, 3.8) is 0 Å². The summed E-state index contributed by atoms with van der Waals surface area (Å²) in [7, 11) is 0. The molecule has 5 nitrogen and oxygen atoms in total. The minimum Gasteiger partial charge on any atom is -0.367 e. The van der Waals surface area contributed by atoms with E-state index in [9.17, 15) is 0 Å². The molecule has 0 aromatic carbocycles. The quantitative estimate of drug-likeness (QED) is 0.810. The third-order valence-corrected chi connectivity index (χ3v) is 3.38. The van der Waals surface area contributed by atoms with E-state index in [1.807, 2.05) is 0 Å². The lowest BCUT2D eigenvalue weighted by atomic mass is 10.2. The molecule has 1 aliphatic carbocycles. The number of anilines is 2. The zero-order valence-corrected chi connectivity index (χ0v) is 10.2. The average Bonchev–Trinajstić information content (AvgIpc) is 3.14. The molecule has 1 aromatic rings. The molecule has 2 aliphatic rings. The second-order valence-electron chi connectivity index (χ2n) is 4.93. The molecule has 0 spiro atoms. The van der Waals surface area contributed by atoms with Gasteiger partial charge < -0.3 is 15.5 Å². The van der Waals surface area contributed by atoms with Crippen LogP contribution in [0.5, 0.6) is 0 Å². The summed E-state index contributed by atoms with van der Waals surface area (Å²) in [6, 6.07) is 3.20. The van der Waals surface area contributed by atoms with Gasteiger partial charge in [-0.3, -0.25) is 0 Å². The Kier molecular flexibility index (Phi) is 2.84. The lowest BCUT2D eigenvalue weighted by Crippen LogP contribution is -2.50. The first-order valence-electron chi connectivity index (χ1n) is 6.39. The number of hydrogen-bond donors (Lipinski definition) is 2. The van der Waals surface area contributed by atoms with Crippen LogP contribution in [-0.4, -0.2) is 41.7 Å². The SMILES string of the molecule is CC1CNCCN1c1cc(NC2CC2)ncn1. The second-order valence-corrected chi connectivity index (χ2v) is 4.93.